The van der Waals surface area contributed by atoms with Gasteiger partial charge in [-0.1, -0.05) is 18.2 Å². The summed E-state index contributed by atoms with van der Waals surface area (Å²) >= 11 is 0. The van der Waals surface area contributed by atoms with Gasteiger partial charge in [-0.3, -0.25) is 9.59 Å². The number of Topliss-reactive ketones (excluding diaryl/α,β-unsaturated/α-hetero) is 1. The number of benzene rings is 2. The Morgan fingerprint density at radius 3 is 2.29 bits per heavy atom. The molecule has 0 bridgehead atoms. The van der Waals surface area contributed by atoms with Crippen LogP contribution in [0.1, 0.15) is 35.7 Å². The first-order valence-electron chi connectivity index (χ1n) is 9.58. The highest BCUT2D eigenvalue weighted by molar-refractivity contribution is 7.89. The number of rotatable bonds is 5. The SMILES string of the molecule is CC(=O)c1ccccc1NC(=O)C1CCN(S(=O)(=O)c2cccc(C(F)(F)F)c2)CC1. The lowest BCUT2D eigenvalue weighted by Gasteiger charge is -2.30. The van der Waals surface area contributed by atoms with Gasteiger partial charge in [-0.15, -0.1) is 0 Å². The van der Waals surface area contributed by atoms with Crippen LogP contribution in [0.2, 0.25) is 0 Å². The standard InChI is InChI=1S/C21H21F3N2O4S/c1-14(27)18-7-2-3-8-19(18)25-20(28)15-9-11-26(12-10-15)31(29,30)17-6-4-5-16(13-17)21(22,23)24/h2-8,13,15H,9-12H2,1H3,(H,25,28). The van der Waals surface area contributed by atoms with E-state index in [2.05, 4.69) is 5.32 Å². The van der Waals surface area contributed by atoms with Crippen molar-refractivity contribution in [3.8, 4) is 0 Å². The van der Waals surface area contributed by atoms with E-state index in [0.717, 1.165) is 22.5 Å². The normalized spacial score (nSPS) is 16.1. The number of hydrogen-bond donors (Lipinski definition) is 1. The molecule has 1 saturated heterocycles. The number of nitrogens with zero attached hydrogens (tertiary/aromatic N) is 1. The lowest BCUT2D eigenvalue weighted by molar-refractivity contribution is -0.137. The van der Waals surface area contributed by atoms with E-state index in [1.165, 1.54) is 6.92 Å². The zero-order valence-electron chi connectivity index (χ0n) is 16.6. The molecule has 0 unspecified atom stereocenters. The van der Waals surface area contributed by atoms with Crippen molar-refractivity contribution in [1.29, 1.82) is 0 Å². The molecular formula is C21H21F3N2O4S. The second-order valence-electron chi connectivity index (χ2n) is 7.29. The Kier molecular flexibility index (Phi) is 6.51. The van der Waals surface area contributed by atoms with Gasteiger partial charge in [-0.25, -0.2) is 8.42 Å². The van der Waals surface area contributed by atoms with Crippen LogP contribution in [-0.2, 0) is 21.0 Å². The molecule has 1 heterocycles. The van der Waals surface area contributed by atoms with Gasteiger partial charge in [-0.2, -0.15) is 17.5 Å². The lowest BCUT2D eigenvalue weighted by Crippen LogP contribution is -2.41. The first-order valence-corrected chi connectivity index (χ1v) is 11.0. The van der Waals surface area contributed by atoms with Crippen molar-refractivity contribution < 1.29 is 31.2 Å². The van der Waals surface area contributed by atoms with Crippen LogP contribution >= 0.6 is 0 Å². The van der Waals surface area contributed by atoms with Crippen LogP contribution < -0.4 is 5.32 Å². The fourth-order valence-electron chi connectivity index (χ4n) is 3.47. The minimum atomic E-state index is -4.65. The van der Waals surface area contributed by atoms with Gasteiger partial charge in [0.2, 0.25) is 15.9 Å². The van der Waals surface area contributed by atoms with Crippen molar-refractivity contribution in [3.63, 3.8) is 0 Å². The van der Waals surface area contributed by atoms with Crippen LogP contribution in [0.3, 0.4) is 0 Å². The summed E-state index contributed by atoms with van der Waals surface area (Å²) in [5.41, 5.74) is -0.272. The first kappa shape index (κ1) is 23.0. The summed E-state index contributed by atoms with van der Waals surface area (Å²) in [6, 6.07) is 10.2. The fraction of sp³-hybridized carbons (Fsp3) is 0.333. The van der Waals surface area contributed by atoms with Crippen LogP contribution in [0.4, 0.5) is 18.9 Å². The second-order valence-corrected chi connectivity index (χ2v) is 9.23. The summed E-state index contributed by atoms with van der Waals surface area (Å²) in [5, 5.41) is 2.72. The molecule has 0 atom stereocenters. The van der Waals surface area contributed by atoms with Gasteiger partial charge in [0.15, 0.2) is 5.78 Å². The molecule has 1 fully saturated rings. The number of nitrogens with one attached hydrogen (secondary N) is 1. The Morgan fingerprint density at radius 1 is 1.03 bits per heavy atom. The van der Waals surface area contributed by atoms with Crippen molar-refractivity contribution in [2.24, 2.45) is 5.92 Å². The summed E-state index contributed by atoms with van der Waals surface area (Å²) in [6.45, 7) is 1.40. The summed E-state index contributed by atoms with van der Waals surface area (Å²) in [6.07, 6.45) is -4.22. The maximum absolute atomic E-state index is 12.9. The lowest BCUT2D eigenvalue weighted by atomic mass is 9.97. The Balaban J connectivity index is 1.68. The van der Waals surface area contributed by atoms with E-state index >= 15 is 0 Å². The van der Waals surface area contributed by atoms with Crippen LogP contribution in [0, 0.1) is 5.92 Å². The summed E-state index contributed by atoms with van der Waals surface area (Å²) < 4.78 is 65.4. The molecule has 0 aliphatic carbocycles. The molecule has 1 amide bonds. The van der Waals surface area contributed by atoms with E-state index in [-0.39, 0.29) is 37.6 Å². The van der Waals surface area contributed by atoms with Gasteiger partial charge >= 0.3 is 6.18 Å². The number of sulfonamides is 1. The number of para-hydroxylation sites is 1. The number of piperidine rings is 1. The van der Waals surface area contributed by atoms with Gasteiger partial charge in [0, 0.05) is 24.6 Å². The number of carbonyl (C=O) groups excluding carboxylic acids is 2. The smallest absolute Gasteiger partial charge is 0.325 e. The number of alkyl halides is 3. The van der Waals surface area contributed by atoms with Crippen LogP contribution in [0.15, 0.2) is 53.4 Å². The van der Waals surface area contributed by atoms with E-state index in [9.17, 15) is 31.2 Å². The molecule has 1 aliphatic heterocycles. The zero-order chi connectivity index (χ0) is 22.8. The highest BCUT2D eigenvalue weighted by atomic mass is 32.2. The van der Waals surface area contributed by atoms with E-state index in [1.54, 1.807) is 24.3 Å². The summed E-state index contributed by atoms with van der Waals surface area (Å²) in [4.78, 5) is 23.9. The van der Waals surface area contributed by atoms with Gasteiger partial charge in [0.1, 0.15) is 0 Å². The van der Waals surface area contributed by atoms with Crippen LogP contribution in [0.5, 0.6) is 0 Å². The topological polar surface area (TPSA) is 83.6 Å². The molecule has 10 heteroatoms. The molecule has 3 rings (SSSR count). The molecular weight excluding hydrogens is 433 g/mol. The molecule has 6 nitrogen and oxygen atoms in total. The van der Waals surface area contributed by atoms with Crippen LogP contribution in [0.25, 0.3) is 0 Å². The molecule has 1 aliphatic rings. The molecule has 0 radical (unpaired) electrons. The number of amides is 1. The molecule has 2 aromatic carbocycles. The number of halogens is 3. The highest BCUT2D eigenvalue weighted by Gasteiger charge is 2.35. The second kappa shape index (κ2) is 8.80. The Bertz CT molecular complexity index is 1090. The van der Waals surface area contributed by atoms with E-state index < -0.39 is 32.6 Å². The summed E-state index contributed by atoms with van der Waals surface area (Å²) in [7, 11) is -4.11. The summed E-state index contributed by atoms with van der Waals surface area (Å²) in [5.74, 6) is -1.00. The molecule has 0 spiro atoms. The maximum atomic E-state index is 12.9. The van der Waals surface area contributed by atoms with Crippen molar-refractivity contribution in [2.45, 2.75) is 30.8 Å². The quantitative estimate of drug-likeness (QED) is 0.694. The van der Waals surface area contributed by atoms with E-state index in [1.807, 2.05) is 0 Å². The minimum Gasteiger partial charge on any atom is -0.325 e. The fourth-order valence-corrected chi connectivity index (χ4v) is 4.99. The maximum Gasteiger partial charge on any atom is 0.416 e. The van der Waals surface area contributed by atoms with Crippen molar-refractivity contribution in [3.05, 3.63) is 59.7 Å². The Hall–Kier alpha value is -2.72. The number of ketones is 1. The third kappa shape index (κ3) is 5.13. The average Bonchev–Trinajstić information content (AvgIpc) is 2.73. The first-order chi connectivity index (χ1) is 14.5. The predicted molar refractivity (Wildman–Crippen MR) is 108 cm³/mol. The van der Waals surface area contributed by atoms with E-state index in [4.69, 9.17) is 0 Å². The molecule has 2 aromatic rings. The van der Waals surface area contributed by atoms with Crippen LogP contribution in [-0.4, -0.2) is 37.5 Å². The monoisotopic (exact) mass is 454 g/mol. The minimum absolute atomic E-state index is 0.00498. The number of anilines is 1. The van der Waals surface area contributed by atoms with Crippen molar-refractivity contribution >= 4 is 27.4 Å². The largest absolute Gasteiger partial charge is 0.416 e. The molecule has 0 saturated carbocycles. The molecule has 0 aromatic heterocycles. The molecule has 1 N–H and O–H groups in total. The average molecular weight is 454 g/mol. The Labute approximate surface area is 178 Å². The highest BCUT2D eigenvalue weighted by Crippen LogP contribution is 2.32. The molecule has 166 valence electrons. The number of hydrogen-bond acceptors (Lipinski definition) is 4. The zero-order valence-corrected chi connectivity index (χ0v) is 17.5. The van der Waals surface area contributed by atoms with Gasteiger partial charge in [0.05, 0.1) is 16.1 Å². The van der Waals surface area contributed by atoms with Gasteiger partial charge in [-0.05, 0) is 50.1 Å². The van der Waals surface area contributed by atoms with Crippen molar-refractivity contribution in [2.75, 3.05) is 18.4 Å². The van der Waals surface area contributed by atoms with Crippen molar-refractivity contribution in [1.82, 2.24) is 4.31 Å². The predicted octanol–water partition coefficient (Wildman–Crippen LogP) is 3.95. The number of carbonyl (C=O) groups is 2. The third-order valence-corrected chi connectivity index (χ3v) is 7.08. The van der Waals surface area contributed by atoms with E-state index in [0.29, 0.717) is 17.3 Å². The molecule has 31 heavy (non-hydrogen) atoms. The Morgan fingerprint density at radius 2 is 1.68 bits per heavy atom. The van der Waals surface area contributed by atoms with Gasteiger partial charge in [0.25, 0.3) is 0 Å². The van der Waals surface area contributed by atoms with Gasteiger partial charge < -0.3 is 5.32 Å². The third-order valence-electron chi connectivity index (χ3n) is 5.19.